The maximum absolute atomic E-state index is 13.8. The van der Waals surface area contributed by atoms with Gasteiger partial charge in [0, 0.05) is 34.3 Å². The summed E-state index contributed by atoms with van der Waals surface area (Å²) in [6.45, 7) is 5.67. The largest absolute Gasteiger partial charge is 0.493 e. The first kappa shape index (κ1) is 25.8. The molecule has 0 amide bonds. The summed E-state index contributed by atoms with van der Waals surface area (Å²) < 4.78 is 16.6. The summed E-state index contributed by atoms with van der Waals surface area (Å²) in [4.78, 5) is 27.1. The number of benzene rings is 2. The van der Waals surface area contributed by atoms with Crippen LogP contribution in [0.25, 0.3) is 0 Å². The van der Waals surface area contributed by atoms with Crippen molar-refractivity contribution in [1.82, 2.24) is 5.32 Å². The van der Waals surface area contributed by atoms with Crippen molar-refractivity contribution in [1.29, 1.82) is 0 Å². The van der Waals surface area contributed by atoms with Gasteiger partial charge in [-0.1, -0.05) is 42.8 Å². The molecule has 0 saturated carbocycles. The highest BCUT2D eigenvalue weighted by Crippen LogP contribution is 2.47. The summed E-state index contributed by atoms with van der Waals surface area (Å²) in [5, 5.41) is 3.89. The number of nitrogens with one attached hydrogen (secondary N) is 1. The molecule has 7 heteroatoms. The van der Waals surface area contributed by atoms with Crippen molar-refractivity contribution in [2.75, 3.05) is 14.2 Å². The van der Waals surface area contributed by atoms with Gasteiger partial charge in [-0.05, 0) is 61.9 Å². The Morgan fingerprint density at radius 1 is 1.11 bits per heavy atom. The van der Waals surface area contributed by atoms with Crippen LogP contribution in [0.15, 0.2) is 65.0 Å². The number of rotatable bonds is 7. The molecule has 1 aliphatic heterocycles. The monoisotopic (exact) mass is 509 g/mol. The normalized spacial score (nSPS) is 20.4. The molecule has 36 heavy (non-hydrogen) atoms. The Balaban J connectivity index is 1.77. The van der Waals surface area contributed by atoms with Crippen LogP contribution in [-0.2, 0) is 14.3 Å². The lowest BCUT2D eigenvalue weighted by Gasteiger charge is -2.37. The van der Waals surface area contributed by atoms with E-state index in [4.69, 9.17) is 25.8 Å². The average molecular weight is 510 g/mol. The van der Waals surface area contributed by atoms with Crippen LogP contribution in [0.4, 0.5) is 0 Å². The molecule has 0 fully saturated rings. The van der Waals surface area contributed by atoms with Gasteiger partial charge in [0.25, 0.3) is 0 Å². The number of methoxy groups -OCH3 is 2. The van der Waals surface area contributed by atoms with E-state index in [0.29, 0.717) is 52.6 Å². The first-order valence-electron chi connectivity index (χ1n) is 12.2. The van der Waals surface area contributed by atoms with Crippen LogP contribution >= 0.6 is 11.6 Å². The minimum atomic E-state index is -0.592. The second-order valence-electron chi connectivity index (χ2n) is 9.28. The Labute approximate surface area is 217 Å². The van der Waals surface area contributed by atoms with Crippen molar-refractivity contribution < 1.29 is 23.8 Å². The molecule has 0 aromatic heterocycles. The Morgan fingerprint density at radius 3 is 2.50 bits per heavy atom. The minimum Gasteiger partial charge on any atom is -0.493 e. The van der Waals surface area contributed by atoms with Crippen molar-refractivity contribution >= 4 is 23.4 Å². The third kappa shape index (κ3) is 4.87. The summed E-state index contributed by atoms with van der Waals surface area (Å²) >= 11 is 6.62. The summed E-state index contributed by atoms with van der Waals surface area (Å²) in [6.07, 6.45) is 1.38. The number of ether oxygens (including phenoxy) is 3. The molecular weight excluding hydrogens is 478 g/mol. The molecule has 0 spiro atoms. The van der Waals surface area contributed by atoms with Gasteiger partial charge in [-0.15, -0.1) is 0 Å². The van der Waals surface area contributed by atoms with Gasteiger partial charge < -0.3 is 19.5 Å². The quantitative estimate of drug-likeness (QED) is 0.457. The molecule has 0 saturated heterocycles. The first-order chi connectivity index (χ1) is 17.3. The number of hydrogen-bond donors (Lipinski definition) is 1. The molecule has 1 aliphatic carbocycles. The van der Waals surface area contributed by atoms with E-state index >= 15 is 0 Å². The molecule has 190 valence electrons. The summed E-state index contributed by atoms with van der Waals surface area (Å²) in [5.74, 6) is 0.178. The van der Waals surface area contributed by atoms with Gasteiger partial charge in [-0.25, -0.2) is 4.79 Å². The van der Waals surface area contributed by atoms with Gasteiger partial charge in [0.1, 0.15) is 0 Å². The van der Waals surface area contributed by atoms with E-state index < -0.39 is 11.9 Å². The minimum absolute atomic E-state index is 0.0187. The Hall–Kier alpha value is -3.25. The smallest absolute Gasteiger partial charge is 0.337 e. The van der Waals surface area contributed by atoms with Crippen molar-refractivity contribution in [3.05, 3.63) is 81.2 Å². The van der Waals surface area contributed by atoms with Gasteiger partial charge in [-0.3, -0.25) is 4.79 Å². The average Bonchev–Trinajstić information content (AvgIpc) is 2.87. The van der Waals surface area contributed by atoms with Gasteiger partial charge in [-0.2, -0.15) is 0 Å². The zero-order chi connectivity index (χ0) is 26.0. The van der Waals surface area contributed by atoms with Crippen molar-refractivity contribution in [2.45, 2.75) is 58.0 Å². The third-order valence-electron chi connectivity index (χ3n) is 7.03. The van der Waals surface area contributed by atoms with E-state index in [1.807, 2.05) is 57.2 Å². The van der Waals surface area contributed by atoms with E-state index in [1.165, 1.54) is 0 Å². The highest BCUT2D eigenvalue weighted by molar-refractivity contribution is 6.31. The van der Waals surface area contributed by atoms with Crippen molar-refractivity contribution in [3.63, 3.8) is 0 Å². The standard InChI is InChI=1S/C29H32ClNO5/c1-6-16(2)36-29(33)26-17(3)31-22-13-19(18-11-12-24(34-4)25(15-18)35-5)14-23(32)28(22)27(26)20-9-7-8-10-21(20)30/h7-12,15-16,19,27,31H,6,13-14H2,1-5H3/t16-,19+,27-/m1/s1. The van der Waals surface area contributed by atoms with Crippen LogP contribution in [0.5, 0.6) is 11.5 Å². The van der Waals surface area contributed by atoms with E-state index in [1.54, 1.807) is 20.3 Å². The summed E-state index contributed by atoms with van der Waals surface area (Å²) in [7, 11) is 3.19. The fourth-order valence-corrected chi connectivity index (χ4v) is 5.25. The van der Waals surface area contributed by atoms with Crippen molar-refractivity contribution in [3.8, 4) is 11.5 Å². The maximum Gasteiger partial charge on any atom is 0.337 e. The number of dihydropyridines is 1. The molecule has 0 radical (unpaired) electrons. The lowest BCUT2D eigenvalue weighted by atomic mass is 9.71. The Kier molecular flexibility index (Phi) is 7.74. The lowest BCUT2D eigenvalue weighted by Crippen LogP contribution is -2.36. The molecule has 2 aliphatic rings. The fourth-order valence-electron chi connectivity index (χ4n) is 5.00. The highest BCUT2D eigenvalue weighted by Gasteiger charge is 2.42. The zero-order valence-electron chi connectivity index (χ0n) is 21.3. The van der Waals surface area contributed by atoms with E-state index in [-0.39, 0.29) is 17.8 Å². The Bertz CT molecular complexity index is 1250. The molecule has 2 aromatic carbocycles. The molecule has 4 rings (SSSR count). The maximum atomic E-state index is 13.8. The fraction of sp³-hybridized carbons (Fsp3) is 0.379. The van der Waals surface area contributed by atoms with E-state index in [9.17, 15) is 9.59 Å². The van der Waals surface area contributed by atoms with Crippen LogP contribution in [0.3, 0.4) is 0 Å². The SMILES string of the molecule is CC[C@@H](C)OC(=O)C1=C(C)NC2=C(C(=O)C[C@@H](c3ccc(OC)c(OC)c3)C2)[C@@H]1c1ccccc1Cl. The predicted molar refractivity (Wildman–Crippen MR) is 139 cm³/mol. The van der Waals surface area contributed by atoms with Gasteiger partial charge >= 0.3 is 5.97 Å². The summed E-state index contributed by atoms with van der Waals surface area (Å²) in [5.41, 5.74) is 4.22. The molecule has 0 bridgehead atoms. The second-order valence-corrected chi connectivity index (χ2v) is 9.68. The topological polar surface area (TPSA) is 73.9 Å². The highest BCUT2D eigenvalue weighted by atomic mass is 35.5. The first-order valence-corrected chi connectivity index (χ1v) is 12.6. The lowest BCUT2D eigenvalue weighted by molar-refractivity contribution is -0.144. The molecule has 6 nitrogen and oxygen atoms in total. The molecule has 2 aromatic rings. The number of esters is 1. The van der Waals surface area contributed by atoms with Gasteiger partial charge in [0.15, 0.2) is 17.3 Å². The number of Topliss-reactive ketones (excluding diaryl/α,β-unsaturated/α-hetero) is 1. The van der Waals surface area contributed by atoms with Crippen molar-refractivity contribution in [2.24, 2.45) is 0 Å². The predicted octanol–water partition coefficient (Wildman–Crippen LogP) is 6.06. The van der Waals surface area contributed by atoms with Gasteiger partial charge in [0.2, 0.25) is 0 Å². The number of ketones is 1. The van der Waals surface area contributed by atoms with Crippen LogP contribution in [0.2, 0.25) is 5.02 Å². The second kappa shape index (κ2) is 10.8. The van der Waals surface area contributed by atoms with E-state index in [0.717, 1.165) is 16.8 Å². The van der Waals surface area contributed by atoms with Crippen LogP contribution in [0.1, 0.15) is 63.0 Å². The number of allylic oxidation sites excluding steroid dienone is 3. The van der Waals surface area contributed by atoms with Crippen LogP contribution in [0, 0.1) is 0 Å². The van der Waals surface area contributed by atoms with E-state index in [2.05, 4.69) is 5.32 Å². The van der Waals surface area contributed by atoms with Crippen LogP contribution < -0.4 is 14.8 Å². The number of hydrogen-bond acceptors (Lipinski definition) is 6. The molecule has 1 N–H and O–H groups in total. The number of carbonyl (C=O) groups excluding carboxylic acids is 2. The number of carbonyl (C=O) groups is 2. The zero-order valence-corrected chi connectivity index (χ0v) is 22.1. The Morgan fingerprint density at radius 2 is 1.83 bits per heavy atom. The summed E-state index contributed by atoms with van der Waals surface area (Å²) in [6, 6.07) is 13.1. The van der Waals surface area contributed by atoms with Gasteiger partial charge in [0.05, 0.1) is 25.9 Å². The molecule has 0 unspecified atom stereocenters. The number of halogens is 1. The third-order valence-corrected chi connectivity index (χ3v) is 7.37. The molecular formula is C29H32ClNO5. The molecule has 1 heterocycles. The van der Waals surface area contributed by atoms with Crippen LogP contribution in [-0.4, -0.2) is 32.1 Å². The molecule has 3 atom stereocenters.